The van der Waals surface area contributed by atoms with Crippen LogP contribution in [0.4, 0.5) is 0 Å². The Morgan fingerprint density at radius 3 is 2.50 bits per heavy atom. The minimum Gasteiger partial charge on any atom is -0.394 e. The molecule has 0 amide bonds. The third kappa shape index (κ3) is 1.16. The summed E-state index contributed by atoms with van der Waals surface area (Å²) in [7, 11) is 0. The molecule has 2 heterocycles. The predicted molar refractivity (Wildman–Crippen MR) is 66.0 cm³/mol. The molecule has 0 aromatic carbocycles. The van der Waals surface area contributed by atoms with Crippen LogP contribution >= 0.6 is 0 Å². The lowest BCUT2D eigenvalue weighted by molar-refractivity contribution is -0.126. The fourth-order valence-corrected chi connectivity index (χ4v) is 3.45. The van der Waals surface area contributed by atoms with E-state index in [4.69, 9.17) is 4.74 Å². The number of nitrogens with one attached hydrogen (secondary N) is 1. The number of hydrogen-bond acceptors (Lipinski definition) is 6. The molecule has 2 aliphatic rings. The van der Waals surface area contributed by atoms with Gasteiger partial charge in [0.1, 0.15) is 17.3 Å². The van der Waals surface area contributed by atoms with Gasteiger partial charge in [-0.2, -0.15) is 0 Å². The molecule has 3 rings (SSSR count). The molecule has 4 atom stereocenters. The van der Waals surface area contributed by atoms with Gasteiger partial charge in [-0.25, -0.2) is 4.79 Å². The van der Waals surface area contributed by atoms with Crippen LogP contribution in [0.3, 0.4) is 0 Å². The highest BCUT2D eigenvalue weighted by Crippen LogP contribution is 2.75. The number of aromatic nitrogens is 2. The van der Waals surface area contributed by atoms with Gasteiger partial charge < -0.3 is 20.1 Å². The summed E-state index contributed by atoms with van der Waals surface area (Å²) in [5, 5.41) is 30.6. The first-order valence-corrected chi connectivity index (χ1v) is 6.24. The number of aromatic amines is 1. The summed E-state index contributed by atoms with van der Waals surface area (Å²) in [6, 6.07) is 1.12. The Morgan fingerprint density at radius 2 is 2.00 bits per heavy atom. The standard InChI is InChI=1S/C12H16N2O6/c1-10(2)11(18)6(5-15)20-8(12(10,11)19)14-4-3-7(16)13-9(14)17/h3-4,6,8,15,18-19H,5H2,1-2H3,(H,13,16,17)/t6-,8-,11-,12+/m1/s1. The predicted octanol–water partition coefficient (Wildman–Crippen LogP) is -2.07. The van der Waals surface area contributed by atoms with Gasteiger partial charge in [0.25, 0.3) is 5.56 Å². The van der Waals surface area contributed by atoms with Crippen LogP contribution in [0.1, 0.15) is 20.1 Å². The molecule has 8 nitrogen and oxygen atoms in total. The van der Waals surface area contributed by atoms with Crippen LogP contribution in [0, 0.1) is 5.41 Å². The van der Waals surface area contributed by atoms with Crippen molar-refractivity contribution < 1.29 is 20.1 Å². The quantitative estimate of drug-likeness (QED) is 0.494. The van der Waals surface area contributed by atoms with Crippen molar-refractivity contribution in [3.63, 3.8) is 0 Å². The van der Waals surface area contributed by atoms with E-state index in [1.54, 1.807) is 13.8 Å². The van der Waals surface area contributed by atoms with Crippen LogP contribution in [-0.4, -0.2) is 48.8 Å². The van der Waals surface area contributed by atoms with Crippen LogP contribution in [0.2, 0.25) is 0 Å². The Hall–Kier alpha value is -1.48. The third-order valence-corrected chi connectivity index (χ3v) is 4.81. The monoisotopic (exact) mass is 284 g/mol. The third-order valence-electron chi connectivity index (χ3n) is 4.81. The van der Waals surface area contributed by atoms with Gasteiger partial charge in [0, 0.05) is 17.7 Å². The number of rotatable bonds is 2. The first kappa shape index (κ1) is 13.5. The summed E-state index contributed by atoms with van der Waals surface area (Å²) in [6.07, 6.45) is -0.992. The Bertz CT molecular complexity index is 679. The number of hydrogen-bond donors (Lipinski definition) is 4. The number of H-pyrrole nitrogens is 1. The van der Waals surface area contributed by atoms with E-state index in [1.807, 2.05) is 0 Å². The van der Waals surface area contributed by atoms with Gasteiger partial charge in [-0.1, -0.05) is 13.8 Å². The number of aliphatic hydroxyl groups is 3. The highest BCUT2D eigenvalue weighted by Gasteiger charge is 2.92. The largest absolute Gasteiger partial charge is 0.394 e. The summed E-state index contributed by atoms with van der Waals surface area (Å²) in [5.41, 5.74) is -5.63. The molecule has 0 bridgehead atoms. The van der Waals surface area contributed by atoms with Crippen LogP contribution in [0.25, 0.3) is 0 Å². The minimum atomic E-state index is -1.71. The average Bonchev–Trinajstić information content (AvgIpc) is 2.63. The van der Waals surface area contributed by atoms with Crippen molar-refractivity contribution in [2.75, 3.05) is 6.61 Å². The van der Waals surface area contributed by atoms with Gasteiger partial charge >= 0.3 is 5.69 Å². The molecule has 1 saturated heterocycles. The number of aliphatic hydroxyl groups excluding tert-OH is 1. The minimum absolute atomic E-state index is 0.489. The summed E-state index contributed by atoms with van der Waals surface area (Å²) >= 11 is 0. The van der Waals surface area contributed by atoms with E-state index >= 15 is 0 Å². The van der Waals surface area contributed by atoms with Gasteiger partial charge in [0.05, 0.1) is 6.61 Å². The van der Waals surface area contributed by atoms with E-state index in [-0.39, 0.29) is 0 Å². The molecule has 1 saturated carbocycles. The van der Waals surface area contributed by atoms with Crippen LogP contribution in [0.5, 0.6) is 0 Å². The van der Waals surface area contributed by atoms with E-state index in [2.05, 4.69) is 4.98 Å². The average molecular weight is 284 g/mol. The normalized spacial score (nSPS) is 41.5. The van der Waals surface area contributed by atoms with Crippen molar-refractivity contribution in [3.05, 3.63) is 33.1 Å². The van der Waals surface area contributed by atoms with E-state index in [0.717, 1.165) is 10.6 Å². The highest BCUT2D eigenvalue weighted by molar-refractivity contribution is 5.39. The molecule has 1 aliphatic carbocycles. The molecular weight excluding hydrogens is 268 g/mol. The van der Waals surface area contributed by atoms with Gasteiger partial charge in [0.15, 0.2) is 6.23 Å². The fourth-order valence-electron chi connectivity index (χ4n) is 3.45. The van der Waals surface area contributed by atoms with Crippen LogP contribution in [0.15, 0.2) is 21.9 Å². The second-order valence-electron chi connectivity index (χ2n) is 5.83. The van der Waals surface area contributed by atoms with Crippen molar-refractivity contribution in [2.45, 2.75) is 37.4 Å². The van der Waals surface area contributed by atoms with E-state index in [0.29, 0.717) is 0 Å². The number of fused-ring (bicyclic) bond motifs is 1. The second-order valence-corrected chi connectivity index (χ2v) is 5.83. The van der Waals surface area contributed by atoms with E-state index in [1.165, 1.54) is 6.20 Å². The topological polar surface area (TPSA) is 125 Å². The van der Waals surface area contributed by atoms with Crippen molar-refractivity contribution >= 4 is 0 Å². The lowest BCUT2D eigenvalue weighted by atomic mass is 10.0. The van der Waals surface area contributed by atoms with E-state index in [9.17, 15) is 24.9 Å². The van der Waals surface area contributed by atoms with Gasteiger partial charge in [0.2, 0.25) is 0 Å². The molecule has 0 unspecified atom stereocenters. The van der Waals surface area contributed by atoms with E-state index < -0.39 is 46.8 Å². The van der Waals surface area contributed by atoms with Crippen molar-refractivity contribution in [1.29, 1.82) is 0 Å². The molecular formula is C12H16N2O6. The van der Waals surface area contributed by atoms with Crippen LogP contribution in [-0.2, 0) is 4.74 Å². The maximum absolute atomic E-state index is 11.8. The zero-order valence-corrected chi connectivity index (χ0v) is 11.0. The lowest BCUT2D eigenvalue weighted by Gasteiger charge is -2.26. The van der Waals surface area contributed by atoms with Crippen molar-refractivity contribution in [2.24, 2.45) is 5.41 Å². The van der Waals surface area contributed by atoms with Gasteiger partial charge in [-0.05, 0) is 0 Å². The molecule has 2 fully saturated rings. The molecule has 0 radical (unpaired) electrons. The Morgan fingerprint density at radius 1 is 1.35 bits per heavy atom. The Balaban J connectivity index is 2.13. The molecule has 20 heavy (non-hydrogen) atoms. The molecule has 1 aromatic heterocycles. The highest BCUT2D eigenvalue weighted by atomic mass is 16.6. The second kappa shape index (κ2) is 3.59. The van der Waals surface area contributed by atoms with Gasteiger partial charge in [-0.15, -0.1) is 0 Å². The first-order valence-electron chi connectivity index (χ1n) is 6.24. The summed E-state index contributed by atoms with van der Waals surface area (Å²) in [4.78, 5) is 25.0. The summed E-state index contributed by atoms with van der Waals surface area (Å²) in [6.45, 7) is 2.76. The number of nitrogens with zero attached hydrogens (tertiary/aromatic N) is 1. The molecule has 4 N–H and O–H groups in total. The number of ether oxygens (including phenoxy) is 1. The van der Waals surface area contributed by atoms with Crippen molar-refractivity contribution in [3.8, 4) is 0 Å². The fraction of sp³-hybridized carbons (Fsp3) is 0.667. The zero-order valence-electron chi connectivity index (χ0n) is 11.0. The maximum atomic E-state index is 11.8. The molecule has 1 aromatic rings. The Kier molecular flexibility index (Phi) is 2.42. The van der Waals surface area contributed by atoms with Crippen molar-refractivity contribution in [1.82, 2.24) is 9.55 Å². The zero-order chi connectivity index (χ0) is 14.9. The summed E-state index contributed by atoms with van der Waals surface area (Å²) in [5.74, 6) is 0. The van der Waals surface area contributed by atoms with Crippen LogP contribution < -0.4 is 11.2 Å². The summed E-state index contributed by atoms with van der Waals surface area (Å²) < 4.78 is 6.42. The molecule has 8 heteroatoms. The van der Waals surface area contributed by atoms with Gasteiger partial charge in [-0.3, -0.25) is 14.3 Å². The lowest BCUT2D eigenvalue weighted by Crippen LogP contribution is -2.40. The Labute approximate surface area is 113 Å². The molecule has 0 spiro atoms. The maximum Gasteiger partial charge on any atom is 0.330 e. The first-order chi connectivity index (χ1) is 9.21. The smallest absolute Gasteiger partial charge is 0.330 e. The SMILES string of the molecule is CC1(C)[C@]2(O)[C@@H](CO)O[C@@H](n3ccc(=O)[nH]c3=O)[C@]12O. The molecule has 1 aliphatic heterocycles. The molecule has 110 valence electrons.